The van der Waals surface area contributed by atoms with Crippen LogP contribution in [0, 0.1) is 0 Å². The minimum atomic E-state index is -0.230. The summed E-state index contributed by atoms with van der Waals surface area (Å²) in [5, 5.41) is 0. The highest BCUT2D eigenvalue weighted by Crippen LogP contribution is 2.52. The van der Waals surface area contributed by atoms with Gasteiger partial charge in [0.25, 0.3) is 13.4 Å². The molecule has 384 valence electrons. The van der Waals surface area contributed by atoms with Gasteiger partial charge in [-0.2, -0.15) is 21.3 Å². The molecule has 0 radical (unpaired) electrons. The first-order valence-electron chi connectivity index (χ1n) is 27.6. The zero-order chi connectivity index (χ0) is 53.5. The smallest absolute Gasteiger partial charge is 0.266 e. The normalized spacial score (nSPS) is 15.6. The first-order valence-corrected chi connectivity index (χ1v) is 28.4. The zero-order valence-corrected chi connectivity index (χ0v) is 46.2. The Hall–Kier alpha value is -8.53. The summed E-state index contributed by atoms with van der Waals surface area (Å²) in [7, 11) is 0. The molecule has 0 spiro atoms. The first kappa shape index (κ1) is 47.7. The van der Waals surface area contributed by atoms with E-state index in [0.29, 0.717) is 23.4 Å². The highest BCUT2D eigenvalue weighted by molar-refractivity contribution is 7.29. The van der Waals surface area contributed by atoms with Crippen molar-refractivity contribution < 1.29 is 14.2 Å². The van der Waals surface area contributed by atoms with Crippen molar-refractivity contribution >= 4 is 108 Å². The number of hydrogen-bond donors (Lipinski definition) is 0. The van der Waals surface area contributed by atoms with Gasteiger partial charge in [0.2, 0.25) is 17.6 Å². The molecule has 0 amide bonds. The molecule has 79 heavy (non-hydrogen) atoms. The molecule has 7 aromatic carbocycles. The van der Waals surface area contributed by atoms with Crippen LogP contribution in [-0.2, 0) is 16.2 Å². The fourth-order valence-electron chi connectivity index (χ4n) is 13.0. The number of thiophene rings is 1. The molecule has 8 nitrogen and oxygen atoms in total. The van der Waals surface area contributed by atoms with Crippen molar-refractivity contribution in [3.8, 4) is 34.9 Å². The Kier molecular flexibility index (Phi) is 10.6. The monoisotopic (exact) mass is 1050 g/mol. The molecule has 0 unspecified atom stereocenters. The standard InChI is InChI=1S/C68H57B2N5O3S/c1-66(2,3)58-39-56-63(79-58)70-50-37-51-57(78-65-62-55(41-60(72-65)77-46-28-18-11-19-29-46)73(42-22-12-8-13-23-42)52-31-21-20-30-49(52)69(51)62)38-53(50)75(44-32-33-47-48(36-44)68(6,7)35-34-67(47,4)5)64-61(70)54(74(56)43-24-14-9-15-25-43)40-59(71-64)76-45-26-16-10-17-27-45/h8-33,36-41H,34-35H2,1-7H3. The van der Waals surface area contributed by atoms with E-state index in [1.807, 2.05) is 72.0 Å². The number of fused-ring (bicyclic) bond motifs is 9. The van der Waals surface area contributed by atoms with Crippen molar-refractivity contribution in [1.82, 2.24) is 9.97 Å². The summed E-state index contributed by atoms with van der Waals surface area (Å²) in [6.45, 7) is 16.1. The number of ether oxygens (including phenoxy) is 3. The van der Waals surface area contributed by atoms with Crippen LogP contribution < -0.4 is 61.0 Å². The molecule has 0 saturated heterocycles. The van der Waals surface area contributed by atoms with Gasteiger partial charge in [-0.1, -0.05) is 152 Å². The third-order valence-corrected chi connectivity index (χ3v) is 18.6. The summed E-state index contributed by atoms with van der Waals surface area (Å²) in [4.78, 5) is 19.5. The molecule has 7 heterocycles. The van der Waals surface area contributed by atoms with E-state index in [0.717, 1.165) is 92.0 Å². The third kappa shape index (κ3) is 7.56. The first-order chi connectivity index (χ1) is 38.3. The lowest BCUT2D eigenvalue weighted by atomic mass is 9.32. The number of anilines is 9. The van der Waals surface area contributed by atoms with E-state index in [1.165, 1.54) is 31.7 Å². The van der Waals surface area contributed by atoms with Crippen LogP contribution in [0.5, 0.6) is 34.9 Å². The summed E-state index contributed by atoms with van der Waals surface area (Å²) >= 11 is 1.92. The molecule has 0 bridgehead atoms. The van der Waals surface area contributed by atoms with Crippen LogP contribution in [0.25, 0.3) is 0 Å². The molecule has 3 aromatic heterocycles. The van der Waals surface area contributed by atoms with Crippen LogP contribution in [-0.4, -0.2) is 23.4 Å². The van der Waals surface area contributed by atoms with Crippen LogP contribution in [0.1, 0.15) is 77.3 Å². The predicted molar refractivity (Wildman–Crippen MR) is 327 cm³/mol. The Morgan fingerprint density at radius 2 is 1.05 bits per heavy atom. The molecular formula is C68H57B2N5O3S. The van der Waals surface area contributed by atoms with Crippen molar-refractivity contribution in [2.45, 2.75) is 77.6 Å². The van der Waals surface area contributed by atoms with Gasteiger partial charge in [-0.3, -0.25) is 4.90 Å². The second-order valence-electron chi connectivity index (χ2n) is 24.0. The summed E-state index contributed by atoms with van der Waals surface area (Å²) in [6.07, 6.45) is 2.21. The Labute approximate surface area is 467 Å². The van der Waals surface area contributed by atoms with Crippen LogP contribution in [0.4, 0.5) is 51.3 Å². The van der Waals surface area contributed by atoms with Crippen molar-refractivity contribution in [2.24, 2.45) is 0 Å². The SMILES string of the molecule is CC(C)(C)c1cc2c(s1)B1c3cc4c(cc3N(c3ccc5c(c3)C(C)(C)CCC5(C)C)c3nc(Oc5ccccc5)cc(c31)N2c1ccccc1)Oc1nc(Oc2ccccc2)cc2c1B4c1ccccc1N2c1ccccc1. The van der Waals surface area contributed by atoms with Gasteiger partial charge in [0.15, 0.2) is 0 Å². The molecule has 4 aliphatic heterocycles. The van der Waals surface area contributed by atoms with E-state index in [-0.39, 0.29) is 29.7 Å². The molecule has 1 aliphatic carbocycles. The molecule has 10 aromatic rings. The summed E-state index contributed by atoms with van der Waals surface area (Å²) < 4.78 is 22.2. The van der Waals surface area contributed by atoms with Crippen LogP contribution in [0.15, 0.2) is 194 Å². The Morgan fingerprint density at radius 1 is 0.481 bits per heavy atom. The number of aromatic nitrogens is 2. The number of para-hydroxylation sites is 5. The van der Waals surface area contributed by atoms with Crippen LogP contribution in [0.3, 0.4) is 0 Å². The second-order valence-corrected chi connectivity index (χ2v) is 25.1. The molecule has 0 N–H and O–H groups in total. The highest BCUT2D eigenvalue weighted by atomic mass is 32.1. The minimum Gasteiger partial charge on any atom is -0.440 e. The zero-order valence-electron chi connectivity index (χ0n) is 45.4. The van der Waals surface area contributed by atoms with Crippen molar-refractivity contribution in [1.29, 1.82) is 0 Å². The molecule has 11 heteroatoms. The number of benzene rings is 7. The summed E-state index contributed by atoms with van der Waals surface area (Å²) in [5.41, 5.74) is 16.6. The average molecular weight is 1050 g/mol. The van der Waals surface area contributed by atoms with E-state index in [1.54, 1.807) is 0 Å². The van der Waals surface area contributed by atoms with Crippen molar-refractivity contribution in [3.05, 3.63) is 210 Å². The fourth-order valence-corrected chi connectivity index (χ4v) is 14.3. The number of nitrogens with zero attached hydrogens (tertiary/aromatic N) is 5. The average Bonchev–Trinajstić information content (AvgIpc) is 4.03. The van der Waals surface area contributed by atoms with E-state index >= 15 is 0 Å². The Bertz CT molecular complexity index is 4090. The van der Waals surface area contributed by atoms with Crippen LogP contribution >= 0.6 is 11.3 Å². The van der Waals surface area contributed by atoms with E-state index < -0.39 is 0 Å². The van der Waals surface area contributed by atoms with Crippen molar-refractivity contribution in [2.75, 3.05) is 14.7 Å². The van der Waals surface area contributed by atoms with E-state index in [9.17, 15) is 0 Å². The van der Waals surface area contributed by atoms with Gasteiger partial charge in [0, 0.05) is 61.8 Å². The molecular weight excluding hydrogens is 988 g/mol. The van der Waals surface area contributed by atoms with Gasteiger partial charge >= 0.3 is 0 Å². The maximum absolute atomic E-state index is 7.40. The fraction of sp³-hybridized carbons (Fsp3) is 0.176. The topological polar surface area (TPSA) is 63.2 Å². The molecule has 15 rings (SSSR count). The van der Waals surface area contributed by atoms with Gasteiger partial charge in [-0.05, 0) is 135 Å². The highest BCUT2D eigenvalue weighted by Gasteiger charge is 2.50. The summed E-state index contributed by atoms with van der Waals surface area (Å²) in [5.74, 6) is 4.45. The van der Waals surface area contributed by atoms with E-state index in [2.05, 4.69) is 197 Å². The van der Waals surface area contributed by atoms with Gasteiger partial charge in [-0.15, -0.1) is 0 Å². The van der Waals surface area contributed by atoms with Gasteiger partial charge in [-0.25, -0.2) is 0 Å². The number of hydrogen-bond acceptors (Lipinski definition) is 9. The maximum atomic E-state index is 7.40. The molecule has 0 saturated carbocycles. The minimum absolute atomic E-state index is 0.0211. The van der Waals surface area contributed by atoms with Crippen molar-refractivity contribution in [3.63, 3.8) is 0 Å². The summed E-state index contributed by atoms with van der Waals surface area (Å²) in [6, 6.07) is 68.7. The lowest BCUT2D eigenvalue weighted by Gasteiger charge is -2.45. The number of pyridine rings is 2. The molecule has 5 aliphatic rings. The van der Waals surface area contributed by atoms with Gasteiger partial charge in [0.1, 0.15) is 23.1 Å². The van der Waals surface area contributed by atoms with Crippen LogP contribution in [0.2, 0.25) is 0 Å². The second kappa shape index (κ2) is 17.5. The third-order valence-electron chi connectivity index (χ3n) is 17.0. The lowest BCUT2D eigenvalue weighted by molar-refractivity contribution is 0.332. The lowest BCUT2D eigenvalue weighted by Crippen LogP contribution is -2.64. The largest absolute Gasteiger partial charge is 0.440 e. The Balaban J connectivity index is 1.03. The quantitative estimate of drug-likeness (QED) is 0.146. The van der Waals surface area contributed by atoms with Gasteiger partial charge < -0.3 is 24.0 Å². The Morgan fingerprint density at radius 3 is 1.70 bits per heavy atom. The van der Waals surface area contributed by atoms with E-state index in [4.69, 9.17) is 24.2 Å². The maximum Gasteiger partial charge on any atom is 0.266 e. The number of rotatable bonds is 7. The molecule has 0 atom stereocenters. The predicted octanol–water partition coefficient (Wildman–Crippen LogP) is 14.3. The van der Waals surface area contributed by atoms with Gasteiger partial charge in [0.05, 0.1) is 17.1 Å². The molecule has 0 fully saturated rings.